The van der Waals surface area contributed by atoms with Gasteiger partial charge >= 0.3 is 0 Å². The molecular formula is C6H6N8. The van der Waals surface area contributed by atoms with Gasteiger partial charge in [0.2, 0.25) is 17.8 Å². The minimum Gasteiger partial charge on any atom is -0.368 e. The van der Waals surface area contributed by atoms with Crippen LogP contribution in [0.2, 0.25) is 0 Å². The Morgan fingerprint density at radius 1 is 1.57 bits per heavy atom. The Bertz CT molecular complexity index is 412. The molecular weight excluding hydrogens is 184 g/mol. The van der Waals surface area contributed by atoms with Crippen LogP contribution in [0, 0.1) is 12.3 Å². The molecule has 0 spiro atoms. The molecule has 8 heteroatoms. The highest BCUT2D eigenvalue weighted by molar-refractivity contribution is 5.37. The monoisotopic (exact) mass is 190 g/mol. The third kappa shape index (κ3) is 2.51. The number of nitrogen functional groups attached to an aromatic ring is 1. The summed E-state index contributed by atoms with van der Waals surface area (Å²) < 4.78 is 0. The van der Waals surface area contributed by atoms with Crippen LogP contribution in [0.5, 0.6) is 0 Å². The summed E-state index contributed by atoms with van der Waals surface area (Å²) in [6, 6.07) is 0. The molecule has 0 amide bonds. The fraction of sp³-hybridized carbons (Fsp3) is 0.167. The summed E-state index contributed by atoms with van der Waals surface area (Å²) in [4.78, 5) is 13.5. The van der Waals surface area contributed by atoms with Crippen molar-refractivity contribution in [2.45, 2.75) is 0 Å². The van der Waals surface area contributed by atoms with E-state index in [1.807, 2.05) is 0 Å². The molecule has 1 aromatic rings. The summed E-state index contributed by atoms with van der Waals surface area (Å²) >= 11 is 0. The Kier molecular flexibility index (Phi) is 3.07. The van der Waals surface area contributed by atoms with Crippen molar-refractivity contribution in [1.29, 1.82) is 0 Å². The highest BCUT2D eigenvalue weighted by atomic mass is 15.3. The molecule has 0 aliphatic heterocycles. The van der Waals surface area contributed by atoms with E-state index in [1.165, 1.54) is 0 Å². The molecule has 0 fully saturated rings. The van der Waals surface area contributed by atoms with E-state index in [1.54, 1.807) is 0 Å². The van der Waals surface area contributed by atoms with Crippen LogP contribution in [0.1, 0.15) is 0 Å². The van der Waals surface area contributed by atoms with Gasteiger partial charge in [0.05, 0.1) is 6.54 Å². The Labute approximate surface area is 79.2 Å². The van der Waals surface area contributed by atoms with E-state index in [9.17, 15) is 0 Å². The Morgan fingerprint density at radius 3 is 3.00 bits per heavy atom. The van der Waals surface area contributed by atoms with Gasteiger partial charge in [0.15, 0.2) is 0 Å². The molecule has 0 aliphatic rings. The number of rotatable bonds is 3. The lowest BCUT2D eigenvalue weighted by Crippen LogP contribution is -2.06. The van der Waals surface area contributed by atoms with Crippen molar-refractivity contribution in [3.63, 3.8) is 0 Å². The molecule has 3 N–H and O–H groups in total. The molecule has 1 rings (SSSR count). The maximum atomic E-state index is 8.14. The molecule has 70 valence electrons. The second kappa shape index (κ2) is 4.49. The van der Waals surface area contributed by atoms with Crippen LogP contribution in [-0.2, 0) is 0 Å². The molecule has 0 atom stereocenters. The standard InChI is InChI=1S/C6H6N8/c1-2-3-9-5-10-4(7)11-6(12-5)13-14-8/h1H,3H2,(H3,7,9,10,11,12). The summed E-state index contributed by atoms with van der Waals surface area (Å²) in [6.07, 6.45) is 5.01. The van der Waals surface area contributed by atoms with Gasteiger partial charge in [0.25, 0.3) is 0 Å². The van der Waals surface area contributed by atoms with Crippen molar-refractivity contribution < 1.29 is 0 Å². The van der Waals surface area contributed by atoms with Gasteiger partial charge in [-0.25, -0.2) is 0 Å². The molecule has 14 heavy (non-hydrogen) atoms. The van der Waals surface area contributed by atoms with Gasteiger partial charge in [-0.05, 0) is 10.6 Å². The van der Waals surface area contributed by atoms with Crippen molar-refractivity contribution in [2.75, 3.05) is 17.6 Å². The van der Waals surface area contributed by atoms with Crippen LogP contribution in [0.15, 0.2) is 5.11 Å². The van der Waals surface area contributed by atoms with Gasteiger partial charge in [-0.2, -0.15) is 15.0 Å². The molecule has 1 heterocycles. The predicted molar refractivity (Wildman–Crippen MR) is 50.4 cm³/mol. The van der Waals surface area contributed by atoms with Crippen LogP contribution in [0.25, 0.3) is 10.4 Å². The first-order valence-electron chi connectivity index (χ1n) is 3.50. The third-order valence-corrected chi connectivity index (χ3v) is 1.12. The summed E-state index contributed by atoms with van der Waals surface area (Å²) in [5, 5.41) is 5.86. The zero-order valence-electron chi connectivity index (χ0n) is 7.05. The first-order valence-corrected chi connectivity index (χ1v) is 3.50. The van der Waals surface area contributed by atoms with Crippen molar-refractivity contribution in [3.05, 3.63) is 10.4 Å². The highest BCUT2D eigenvalue weighted by Crippen LogP contribution is 2.08. The second-order valence-corrected chi connectivity index (χ2v) is 2.06. The smallest absolute Gasteiger partial charge is 0.228 e. The van der Waals surface area contributed by atoms with Gasteiger partial charge in [-0.1, -0.05) is 5.92 Å². The summed E-state index contributed by atoms with van der Waals surface area (Å²) in [7, 11) is 0. The van der Waals surface area contributed by atoms with Crippen LogP contribution < -0.4 is 11.1 Å². The number of aromatic nitrogens is 3. The first-order chi connectivity index (χ1) is 6.76. The Morgan fingerprint density at radius 2 is 2.36 bits per heavy atom. The van der Waals surface area contributed by atoms with Gasteiger partial charge in [0.1, 0.15) is 0 Å². The fourth-order valence-corrected chi connectivity index (χ4v) is 0.675. The van der Waals surface area contributed by atoms with Gasteiger partial charge in [0, 0.05) is 4.91 Å². The van der Waals surface area contributed by atoms with Crippen LogP contribution in [0.3, 0.4) is 0 Å². The largest absolute Gasteiger partial charge is 0.368 e. The van der Waals surface area contributed by atoms with E-state index >= 15 is 0 Å². The minimum atomic E-state index is -0.0977. The molecule has 8 nitrogen and oxygen atoms in total. The van der Waals surface area contributed by atoms with Crippen molar-refractivity contribution in [1.82, 2.24) is 15.0 Å². The van der Waals surface area contributed by atoms with Crippen molar-refractivity contribution >= 4 is 17.8 Å². The molecule has 0 saturated carbocycles. The fourth-order valence-electron chi connectivity index (χ4n) is 0.675. The van der Waals surface area contributed by atoms with Crippen LogP contribution in [0.4, 0.5) is 17.8 Å². The number of azide groups is 1. The zero-order valence-corrected chi connectivity index (χ0v) is 7.05. The van der Waals surface area contributed by atoms with E-state index in [4.69, 9.17) is 17.7 Å². The van der Waals surface area contributed by atoms with Gasteiger partial charge in [-0.3, -0.25) is 0 Å². The first kappa shape index (κ1) is 9.57. The molecule has 0 saturated heterocycles. The van der Waals surface area contributed by atoms with Gasteiger partial charge < -0.3 is 11.1 Å². The van der Waals surface area contributed by atoms with E-state index in [0.717, 1.165) is 0 Å². The summed E-state index contributed by atoms with van der Waals surface area (Å²) in [5.41, 5.74) is 13.5. The number of hydrogen-bond donors (Lipinski definition) is 2. The number of nitrogens with one attached hydrogen (secondary N) is 1. The number of nitrogens with zero attached hydrogens (tertiary/aromatic N) is 6. The molecule has 1 aromatic heterocycles. The minimum absolute atomic E-state index is 0.0399. The van der Waals surface area contributed by atoms with Gasteiger partial charge in [-0.15, -0.1) is 6.42 Å². The SMILES string of the molecule is C#CCNc1nc(N)nc(N=[N+]=[N-])n1. The quantitative estimate of drug-likeness (QED) is 0.309. The molecule has 0 radical (unpaired) electrons. The Hall–Kier alpha value is -2.52. The zero-order chi connectivity index (χ0) is 10.4. The number of terminal acetylenes is 1. The van der Waals surface area contributed by atoms with Crippen molar-refractivity contribution in [3.8, 4) is 12.3 Å². The van der Waals surface area contributed by atoms with Crippen molar-refractivity contribution in [2.24, 2.45) is 5.11 Å². The lowest BCUT2D eigenvalue weighted by molar-refractivity contribution is 1.03. The van der Waals surface area contributed by atoms with E-state index < -0.39 is 0 Å². The number of hydrogen-bond acceptors (Lipinski definition) is 6. The molecule has 0 bridgehead atoms. The lowest BCUT2D eigenvalue weighted by atomic mass is 10.6. The molecule has 0 aliphatic carbocycles. The average Bonchev–Trinajstić information content (AvgIpc) is 2.14. The third-order valence-electron chi connectivity index (χ3n) is 1.12. The van der Waals surface area contributed by atoms with E-state index in [2.05, 4.69) is 36.2 Å². The number of nitrogens with two attached hydrogens (primary N) is 1. The molecule has 0 aromatic carbocycles. The number of anilines is 2. The van der Waals surface area contributed by atoms with E-state index in [0.29, 0.717) is 0 Å². The van der Waals surface area contributed by atoms with Crippen LogP contribution >= 0.6 is 0 Å². The summed E-state index contributed by atoms with van der Waals surface area (Å²) in [5.74, 6) is 2.37. The summed E-state index contributed by atoms with van der Waals surface area (Å²) in [6.45, 7) is 0.249. The van der Waals surface area contributed by atoms with E-state index in [-0.39, 0.29) is 24.4 Å². The average molecular weight is 190 g/mol. The Balaban J connectivity index is 2.95. The highest BCUT2D eigenvalue weighted by Gasteiger charge is 2.00. The normalized spacial score (nSPS) is 8.50. The van der Waals surface area contributed by atoms with Crippen LogP contribution in [-0.4, -0.2) is 21.5 Å². The lowest BCUT2D eigenvalue weighted by Gasteiger charge is -2.00. The topological polar surface area (TPSA) is 125 Å². The maximum Gasteiger partial charge on any atom is 0.228 e. The predicted octanol–water partition coefficient (Wildman–Crippen LogP) is 0.441. The maximum absolute atomic E-state index is 8.14. The molecule has 0 unspecified atom stereocenters. The second-order valence-electron chi connectivity index (χ2n) is 2.06.